The van der Waals surface area contributed by atoms with E-state index in [-0.39, 0.29) is 5.91 Å². The van der Waals surface area contributed by atoms with Crippen LogP contribution in [0.5, 0.6) is 0 Å². The lowest BCUT2D eigenvalue weighted by atomic mass is 10.0. The molecule has 0 aliphatic carbocycles. The summed E-state index contributed by atoms with van der Waals surface area (Å²) in [6, 6.07) is 10.6. The zero-order valence-electron chi connectivity index (χ0n) is 21.0. The Bertz CT molecular complexity index is 541. The summed E-state index contributed by atoms with van der Waals surface area (Å²) >= 11 is 0. The molecule has 1 amide bonds. The monoisotopic (exact) mass is 431 g/mol. The molecule has 0 unspecified atom stereocenters. The fourth-order valence-electron chi connectivity index (χ4n) is 4.22. The first-order valence-electron chi connectivity index (χ1n) is 13.2. The summed E-state index contributed by atoms with van der Waals surface area (Å²) < 4.78 is 0.892. The molecule has 3 heteroatoms. The number of hydrogen-bond acceptors (Lipinski definition) is 1. The number of unbranched alkanes of at least 4 members (excludes halogenated alkanes) is 13. The average Bonchev–Trinajstić information content (AvgIpc) is 2.74. The molecule has 0 bridgehead atoms. The molecule has 0 saturated carbocycles. The fraction of sp³-hybridized carbons (Fsp3) is 0.750. The number of carbonyl (C=O) groups excluding carboxylic acids is 1. The maximum atomic E-state index is 12.1. The molecule has 0 aromatic heterocycles. The number of nitrogens with zero attached hydrogens (tertiary/aromatic N) is 1. The highest BCUT2D eigenvalue weighted by Gasteiger charge is 2.15. The zero-order chi connectivity index (χ0) is 22.6. The maximum absolute atomic E-state index is 12.1. The molecule has 1 aromatic carbocycles. The van der Waals surface area contributed by atoms with E-state index in [0.717, 1.165) is 30.5 Å². The van der Waals surface area contributed by atoms with Crippen molar-refractivity contribution < 1.29 is 9.28 Å². The second-order valence-electron chi connectivity index (χ2n) is 10.00. The Morgan fingerprint density at radius 1 is 0.742 bits per heavy atom. The fourth-order valence-corrected chi connectivity index (χ4v) is 4.22. The number of likely N-dealkylation sites (N-methyl/N-ethyl adjacent to an activating group) is 1. The smallest absolute Gasteiger partial charge is 0.220 e. The van der Waals surface area contributed by atoms with Crippen LogP contribution in [0.25, 0.3) is 0 Å². The van der Waals surface area contributed by atoms with Crippen molar-refractivity contribution in [2.45, 2.75) is 110 Å². The lowest BCUT2D eigenvalue weighted by Gasteiger charge is -2.30. The molecule has 0 aliphatic heterocycles. The van der Waals surface area contributed by atoms with E-state index >= 15 is 0 Å². The predicted molar refractivity (Wildman–Crippen MR) is 135 cm³/mol. The third-order valence-electron chi connectivity index (χ3n) is 6.25. The minimum atomic E-state index is 0.221. The zero-order valence-corrected chi connectivity index (χ0v) is 21.0. The van der Waals surface area contributed by atoms with Crippen LogP contribution in [0.1, 0.15) is 109 Å². The van der Waals surface area contributed by atoms with Gasteiger partial charge < -0.3 is 9.80 Å². The molecule has 178 valence electrons. The minimum absolute atomic E-state index is 0.221. The van der Waals surface area contributed by atoms with Crippen LogP contribution in [-0.2, 0) is 11.3 Å². The average molecular weight is 432 g/mol. The highest BCUT2D eigenvalue weighted by molar-refractivity contribution is 5.75. The largest absolute Gasteiger partial charge is 0.350 e. The van der Waals surface area contributed by atoms with Crippen LogP contribution in [0.15, 0.2) is 30.3 Å². The maximum Gasteiger partial charge on any atom is 0.220 e. The summed E-state index contributed by atoms with van der Waals surface area (Å²) in [5, 5.41) is 3.12. The highest BCUT2D eigenvalue weighted by atomic mass is 16.1. The Morgan fingerprint density at radius 2 is 1.23 bits per heavy atom. The lowest BCUT2D eigenvalue weighted by molar-refractivity contribution is -0.902. The second kappa shape index (κ2) is 18.2. The molecule has 1 rings (SSSR count). The van der Waals surface area contributed by atoms with Gasteiger partial charge in [0.05, 0.1) is 27.2 Å². The number of amides is 1. The van der Waals surface area contributed by atoms with E-state index in [1.165, 1.54) is 89.0 Å². The molecule has 0 heterocycles. The van der Waals surface area contributed by atoms with Gasteiger partial charge in [0, 0.05) is 12.0 Å². The molecule has 0 atom stereocenters. The number of carbonyl (C=O) groups is 1. The van der Waals surface area contributed by atoms with Crippen LogP contribution in [0, 0.1) is 0 Å². The van der Waals surface area contributed by atoms with Gasteiger partial charge in [0.15, 0.2) is 0 Å². The molecule has 1 aromatic rings. The quantitative estimate of drug-likeness (QED) is 0.171. The molecule has 3 nitrogen and oxygen atoms in total. The minimum Gasteiger partial charge on any atom is -0.350 e. The summed E-state index contributed by atoms with van der Waals surface area (Å²) in [4.78, 5) is 12.1. The summed E-state index contributed by atoms with van der Waals surface area (Å²) in [5.41, 5.74) is 1.35. The van der Waals surface area contributed by atoms with Gasteiger partial charge in [0.25, 0.3) is 0 Å². The van der Waals surface area contributed by atoms with Gasteiger partial charge in [0.2, 0.25) is 5.91 Å². The summed E-state index contributed by atoms with van der Waals surface area (Å²) in [7, 11) is 4.46. The van der Waals surface area contributed by atoms with E-state index in [1.54, 1.807) is 0 Å². The number of benzene rings is 1. The van der Waals surface area contributed by atoms with Crippen molar-refractivity contribution in [1.82, 2.24) is 5.32 Å². The van der Waals surface area contributed by atoms with E-state index < -0.39 is 0 Å². The molecule has 0 saturated heterocycles. The van der Waals surface area contributed by atoms with Gasteiger partial charge in [-0.05, 0) is 6.42 Å². The van der Waals surface area contributed by atoms with E-state index in [0.29, 0.717) is 6.42 Å². The molecular weight excluding hydrogens is 380 g/mol. The van der Waals surface area contributed by atoms with Gasteiger partial charge in [-0.15, -0.1) is 0 Å². The van der Waals surface area contributed by atoms with Crippen LogP contribution in [-0.4, -0.2) is 37.6 Å². The second-order valence-corrected chi connectivity index (χ2v) is 10.00. The van der Waals surface area contributed by atoms with Gasteiger partial charge >= 0.3 is 0 Å². The van der Waals surface area contributed by atoms with Crippen molar-refractivity contribution >= 4 is 5.91 Å². The first-order chi connectivity index (χ1) is 15.0. The van der Waals surface area contributed by atoms with Crippen LogP contribution in [0.4, 0.5) is 0 Å². The number of quaternary nitrogens is 1. The lowest BCUT2D eigenvalue weighted by Crippen LogP contribution is -2.44. The van der Waals surface area contributed by atoms with E-state index in [4.69, 9.17) is 0 Å². The van der Waals surface area contributed by atoms with Crippen molar-refractivity contribution in [2.24, 2.45) is 0 Å². The van der Waals surface area contributed by atoms with Crippen molar-refractivity contribution in [3.05, 3.63) is 35.9 Å². The van der Waals surface area contributed by atoms with Gasteiger partial charge in [-0.25, -0.2) is 0 Å². The van der Waals surface area contributed by atoms with Crippen LogP contribution >= 0.6 is 0 Å². The Kier molecular flexibility index (Phi) is 16.3. The van der Waals surface area contributed by atoms with Gasteiger partial charge in [-0.2, -0.15) is 0 Å². The molecule has 0 radical (unpaired) electrons. The highest BCUT2D eigenvalue weighted by Crippen LogP contribution is 2.13. The van der Waals surface area contributed by atoms with Gasteiger partial charge in [-0.3, -0.25) is 4.79 Å². The molecule has 1 N–H and O–H groups in total. The van der Waals surface area contributed by atoms with Crippen molar-refractivity contribution in [1.29, 1.82) is 0 Å². The summed E-state index contributed by atoms with van der Waals surface area (Å²) in [5.74, 6) is 0.221. The Hall–Kier alpha value is -1.35. The van der Waals surface area contributed by atoms with Gasteiger partial charge in [0.1, 0.15) is 6.54 Å². The van der Waals surface area contributed by atoms with Gasteiger partial charge in [-0.1, -0.05) is 121 Å². The SMILES string of the molecule is CCCCCCCCCCCCCCCCC(=O)NCC[N+](C)(C)Cc1ccccc1. The first-order valence-corrected chi connectivity index (χ1v) is 13.2. The molecule has 0 fully saturated rings. The van der Waals surface area contributed by atoms with E-state index in [2.05, 4.69) is 56.7 Å². The molecule has 0 aliphatic rings. The Labute approximate surface area is 193 Å². The van der Waals surface area contributed by atoms with Crippen molar-refractivity contribution in [3.63, 3.8) is 0 Å². The summed E-state index contributed by atoms with van der Waals surface area (Å²) in [6.45, 7) is 5.00. The number of rotatable bonds is 20. The van der Waals surface area contributed by atoms with Crippen LogP contribution in [0.3, 0.4) is 0 Å². The normalized spacial score (nSPS) is 11.6. The molecular formula is C28H51N2O+. The van der Waals surface area contributed by atoms with Crippen molar-refractivity contribution in [3.8, 4) is 0 Å². The molecule has 31 heavy (non-hydrogen) atoms. The van der Waals surface area contributed by atoms with E-state index in [9.17, 15) is 4.79 Å². The molecule has 0 spiro atoms. The topological polar surface area (TPSA) is 29.1 Å². The number of hydrogen-bond donors (Lipinski definition) is 1. The summed E-state index contributed by atoms with van der Waals surface area (Å²) in [6.07, 6.45) is 19.6. The Balaban J connectivity index is 1.88. The van der Waals surface area contributed by atoms with Crippen molar-refractivity contribution in [2.75, 3.05) is 27.2 Å². The Morgan fingerprint density at radius 3 is 1.74 bits per heavy atom. The van der Waals surface area contributed by atoms with E-state index in [1.807, 2.05) is 0 Å². The van der Waals surface area contributed by atoms with Crippen LogP contribution in [0.2, 0.25) is 0 Å². The predicted octanol–water partition coefficient (Wildman–Crippen LogP) is 7.25. The number of nitrogens with one attached hydrogen (secondary N) is 1. The standard InChI is InChI=1S/C28H50N2O/c1-4-5-6-7-8-9-10-11-12-13-14-15-16-20-23-28(31)29-24-25-30(2,3)26-27-21-18-17-19-22-27/h17-19,21-22H,4-16,20,23-26H2,1-3H3/p+1. The first kappa shape index (κ1) is 27.7. The third-order valence-corrected chi connectivity index (χ3v) is 6.25. The third kappa shape index (κ3) is 16.9. The van der Waals surface area contributed by atoms with Crippen LogP contribution < -0.4 is 5.32 Å².